The monoisotopic (exact) mass is 645 g/mol. The standard InChI is InChI=1S/C30H35N3O7S3/c1-19-10-8-13-23(32-25(34)14-6-7-15-26(35)36)27(19)20-11-9-12-22(16-20)43(38,39)24-17-21(42-28(24)41-5)18-31-33-29(37)40-30(2,3)4/h8-13,16-18H,6-7,14-15H2,1-5H3,(H,32,34)(H,33,37)(H,35,36). The van der Waals surface area contributed by atoms with Gasteiger partial charge in [-0.15, -0.1) is 23.1 Å². The van der Waals surface area contributed by atoms with Gasteiger partial charge in [-0.05, 0) is 82.2 Å². The number of aliphatic carboxylic acids is 1. The van der Waals surface area contributed by atoms with Gasteiger partial charge in [0.25, 0.3) is 0 Å². The molecule has 1 aromatic heterocycles. The number of aryl methyl sites for hydroxylation is 1. The predicted octanol–water partition coefficient (Wildman–Crippen LogP) is 6.72. The van der Waals surface area contributed by atoms with Crippen molar-refractivity contribution in [1.82, 2.24) is 5.43 Å². The number of amides is 2. The Morgan fingerprint density at radius 2 is 1.77 bits per heavy atom. The summed E-state index contributed by atoms with van der Waals surface area (Å²) >= 11 is 2.52. The number of hydrogen-bond donors (Lipinski definition) is 3. The second-order valence-corrected chi connectivity index (χ2v) is 14.6. The Labute approximate surface area is 259 Å². The first kappa shape index (κ1) is 33.8. The summed E-state index contributed by atoms with van der Waals surface area (Å²) in [5.41, 5.74) is 4.28. The molecule has 0 spiro atoms. The lowest BCUT2D eigenvalue weighted by atomic mass is 9.98. The van der Waals surface area contributed by atoms with E-state index in [9.17, 15) is 22.8 Å². The summed E-state index contributed by atoms with van der Waals surface area (Å²) in [5, 5.41) is 15.6. The lowest BCUT2D eigenvalue weighted by Crippen LogP contribution is -2.29. The van der Waals surface area contributed by atoms with Gasteiger partial charge in [-0.3, -0.25) is 9.59 Å². The van der Waals surface area contributed by atoms with Crippen molar-refractivity contribution in [1.29, 1.82) is 0 Å². The minimum absolute atomic E-state index is 0.00386. The number of nitrogens with one attached hydrogen (secondary N) is 2. The van der Waals surface area contributed by atoms with Crippen molar-refractivity contribution < 1.29 is 32.6 Å². The summed E-state index contributed by atoms with van der Waals surface area (Å²) in [5.74, 6) is -1.15. The number of hydrogen-bond acceptors (Lipinski definition) is 9. The number of unbranched alkanes of at least 4 members (excludes halogenated alkanes) is 1. The zero-order chi connectivity index (χ0) is 31.8. The molecule has 0 bridgehead atoms. The van der Waals surface area contributed by atoms with Gasteiger partial charge in [0.15, 0.2) is 0 Å². The minimum atomic E-state index is -3.95. The molecular formula is C30H35N3O7S3. The van der Waals surface area contributed by atoms with Gasteiger partial charge in [-0.1, -0.05) is 24.3 Å². The van der Waals surface area contributed by atoms with Crippen LogP contribution in [-0.2, 0) is 24.2 Å². The first-order valence-electron chi connectivity index (χ1n) is 13.4. The molecule has 0 atom stereocenters. The Morgan fingerprint density at radius 1 is 1.07 bits per heavy atom. The molecule has 10 nitrogen and oxygen atoms in total. The molecular weight excluding hydrogens is 611 g/mol. The van der Waals surface area contributed by atoms with Gasteiger partial charge < -0.3 is 15.2 Å². The summed E-state index contributed by atoms with van der Waals surface area (Å²) in [6, 6.07) is 13.5. The number of thioether (sulfide) groups is 1. The number of rotatable bonds is 12. The molecule has 2 aromatic carbocycles. The van der Waals surface area contributed by atoms with Crippen LogP contribution in [-0.4, -0.2) is 49.6 Å². The normalized spacial score (nSPS) is 11.8. The van der Waals surface area contributed by atoms with E-state index in [1.54, 1.807) is 57.4 Å². The zero-order valence-corrected chi connectivity index (χ0v) is 27.0. The molecule has 3 rings (SSSR count). The molecule has 0 saturated carbocycles. The number of nitrogens with zero attached hydrogens (tertiary/aromatic N) is 1. The van der Waals surface area contributed by atoms with E-state index in [0.717, 1.165) is 5.56 Å². The van der Waals surface area contributed by atoms with Crippen LogP contribution in [0.2, 0.25) is 0 Å². The molecule has 0 unspecified atom stereocenters. The van der Waals surface area contributed by atoms with Gasteiger partial charge in [0.05, 0.1) is 20.2 Å². The summed E-state index contributed by atoms with van der Waals surface area (Å²) in [7, 11) is -3.95. The number of ether oxygens (including phenoxy) is 1. The SMILES string of the molecule is CSc1sc(C=NNC(=O)OC(C)(C)C)cc1S(=O)(=O)c1cccc(-c2c(C)cccc2NC(=O)CCCCC(=O)O)c1. The molecule has 230 valence electrons. The second kappa shape index (κ2) is 14.7. The van der Waals surface area contributed by atoms with E-state index in [0.29, 0.717) is 38.7 Å². The third-order valence-electron chi connectivity index (χ3n) is 5.93. The molecule has 13 heteroatoms. The molecule has 0 saturated heterocycles. The van der Waals surface area contributed by atoms with E-state index in [1.807, 2.05) is 13.0 Å². The minimum Gasteiger partial charge on any atom is -0.481 e. The molecule has 0 radical (unpaired) electrons. The van der Waals surface area contributed by atoms with Crippen LogP contribution >= 0.6 is 23.1 Å². The van der Waals surface area contributed by atoms with Crippen molar-refractivity contribution in [3.05, 3.63) is 59.0 Å². The lowest BCUT2D eigenvalue weighted by molar-refractivity contribution is -0.137. The summed E-state index contributed by atoms with van der Waals surface area (Å²) in [6.45, 7) is 7.07. The zero-order valence-electron chi connectivity index (χ0n) is 24.6. The summed E-state index contributed by atoms with van der Waals surface area (Å²) < 4.78 is 33.4. The largest absolute Gasteiger partial charge is 0.481 e. The number of hydrazone groups is 1. The van der Waals surface area contributed by atoms with Crippen LogP contribution in [0.15, 0.2) is 67.6 Å². The van der Waals surface area contributed by atoms with Crippen molar-refractivity contribution in [3.8, 4) is 11.1 Å². The van der Waals surface area contributed by atoms with Crippen LogP contribution < -0.4 is 10.7 Å². The maximum atomic E-state index is 13.8. The number of anilines is 1. The summed E-state index contributed by atoms with van der Waals surface area (Å²) in [4.78, 5) is 36.0. The average Bonchev–Trinajstić information content (AvgIpc) is 3.34. The van der Waals surface area contributed by atoms with Crippen molar-refractivity contribution in [2.45, 2.75) is 73.0 Å². The molecule has 3 aromatic rings. The van der Waals surface area contributed by atoms with E-state index in [-0.39, 0.29) is 28.5 Å². The maximum Gasteiger partial charge on any atom is 0.428 e. The van der Waals surface area contributed by atoms with Crippen LogP contribution in [0.5, 0.6) is 0 Å². The van der Waals surface area contributed by atoms with E-state index in [1.165, 1.54) is 41.4 Å². The molecule has 2 amide bonds. The van der Waals surface area contributed by atoms with E-state index in [2.05, 4.69) is 15.8 Å². The Morgan fingerprint density at radius 3 is 2.44 bits per heavy atom. The quantitative estimate of drug-likeness (QED) is 0.0850. The van der Waals surface area contributed by atoms with Crippen LogP contribution in [0, 0.1) is 6.92 Å². The highest BCUT2D eigenvalue weighted by Gasteiger charge is 2.25. The first-order valence-corrected chi connectivity index (χ1v) is 16.9. The van der Waals surface area contributed by atoms with Gasteiger partial charge in [-0.25, -0.2) is 18.6 Å². The second-order valence-electron chi connectivity index (χ2n) is 10.6. The number of sulfone groups is 1. The lowest BCUT2D eigenvalue weighted by Gasteiger charge is -2.18. The number of carboxylic acid groups (broad SMARTS) is 1. The van der Waals surface area contributed by atoms with Gasteiger partial charge in [0.1, 0.15) is 5.60 Å². The van der Waals surface area contributed by atoms with Gasteiger partial charge in [0, 0.05) is 29.0 Å². The average molecular weight is 646 g/mol. The van der Waals surface area contributed by atoms with Gasteiger partial charge in [-0.2, -0.15) is 5.10 Å². The van der Waals surface area contributed by atoms with Crippen molar-refractivity contribution in [2.24, 2.45) is 5.10 Å². The Kier molecular flexibility index (Phi) is 11.5. The van der Waals surface area contributed by atoms with Crippen LogP contribution in [0.1, 0.15) is 56.9 Å². The highest BCUT2D eigenvalue weighted by atomic mass is 32.2. The number of benzene rings is 2. The van der Waals surface area contributed by atoms with Crippen LogP contribution in [0.3, 0.4) is 0 Å². The highest BCUT2D eigenvalue weighted by molar-refractivity contribution is 8.01. The van der Waals surface area contributed by atoms with E-state index >= 15 is 0 Å². The van der Waals surface area contributed by atoms with Crippen molar-refractivity contribution in [2.75, 3.05) is 11.6 Å². The highest BCUT2D eigenvalue weighted by Crippen LogP contribution is 2.38. The fraction of sp³-hybridized carbons (Fsp3) is 0.333. The number of thiophene rings is 1. The molecule has 0 aliphatic rings. The topological polar surface area (TPSA) is 151 Å². The fourth-order valence-corrected chi connectivity index (χ4v) is 8.03. The number of carbonyl (C=O) groups excluding carboxylic acids is 2. The third kappa shape index (κ3) is 9.66. The smallest absolute Gasteiger partial charge is 0.428 e. The number of carboxylic acids is 1. The first-order chi connectivity index (χ1) is 20.2. The Balaban J connectivity index is 1.87. The van der Waals surface area contributed by atoms with Gasteiger partial charge in [0.2, 0.25) is 15.7 Å². The molecule has 43 heavy (non-hydrogen) atoms. The maximum absolute atomic E-state index is 13.8. The molecule has 0 aliphatic heterocycles. The molecule has 1 heterocycles. The van der Waals surface area contributed by atoms with E-state index < -0.39 is 27.5 Å². The van der Waals surface area contributed by atoms with Gasteiger partial charge >= 0.3 is 12.1 Å². The Hall–Kier alpha value is -3.68. The number of carbonyl (C=O) groups is 3. The molecule has 3 N–H and O–H groups in total. The van der Waals surface area contributed by atoms with Crippen molar-refractivity contribution >= 4 is 62.8 Å². The van der Waals surface area contributed by atoms with Crippen molar-refractivity contribution in [3.63, 3.8) is 0 Å². The van der Waals surface area contributed by atoms with Crippen LogP contribution in [0.25, 0.3) is 11.1 Å². The van der Waals surface area contributed by atoms with E-state index in [4.69, 9.17) is 9.84 Å². The molecule has 0 fully saturated rings. The molecule has 0 aliphatic carbocycles. The third-order valence-corrected chi connectivity index (χ3v) is 10.2. The van der Waals surface area contributed by atoms with Crippen LogP contribution in [0.4, 0.5) is 10.5 Å². The fourth-order valence-electron chi connectivity index (χ4n) is 4.09. The summed E-state index contributed by atoms with van der Waals surface area (Å²) in [6.07, 6.45) is 3.44. The Bertz CT molecular complexity index is 1620. The predicted molar refractivity (Wildman–Crippen MR) is 170 cm³/mol.